The van der Waals surface area contributed by atoms with Crippen LogP contribution in [0.25, 0.3) is 0 Å². The molecule has 0 aliphatic carbocycles. The van der Waals surface area contributed by atoms with Crippen molar-refractivity contribution in [3.8, 4) is 0 Å². The molecule has 0 spiro atoms. The zero-order valence-electron chi connectivity index (χ0n) is 13.1. The van der Waals surface area contributed by atoms with Gasteiger partial charge in [0.2, 0.25) is 0 Å². The zero-order valence-corrected chi connectivity index (χ0v) is 13.1. The number of hydrogen-bond acceptors (Lipinski definition) is 4. The smallest absolute Gasteiger partial charge is 0.253 e. The molecule has 0 aromatic carbocycles. The van der Waals surface area contributed by atoms with Crippen molar-refractivity contribution in [2.45, 2.75) is 26.3 Å². The summed E-state index contributed by atoms with van der Waals surface area (Å²) in [4.78, 5) is 29.9. The molecule has 6 heteroatoms. The molecule has 0 unspecified atom stereocenters. The lowest BCUT2D eigenvalue weighted by atomic mass is 10.1. The molecule has 1 heterocycles. The van der Waals surface area contributed by atoms with Crippen LogP contribution >= 0.6 is 0 Å². The Kier molecular flexibility index (Phi) is 6.81. The lowest BCUT2D eigenvalue weighted by Gasteiger charge is -2.11. The molecule has 1 aromatic rings. The third kappa shape index (κ3) is 6.35. The van der Waals surface area contributed by atoms with Gasteiger partial charge in [-0.25, -0.2) is 0 Å². The minimum absolute atomic E-state index is 0.0426. The van der Waals surface area contributed by atoms with Gasteiger partial charge in [0.25, 0.3) is 11.8 Å². The average molecular weight is 292 g/mol. The van der Waals surface area contributed by atoms with Gasteiger partial charge in [-0.2, -0.15) is 0 Å². The molecule has 0 bridgehead atoms. The number of aromatic nitrogens is 1. The molecule has 2 N–H and O–H groups in total. The van der Waals surface area contributed by atoms with E-state index in [-0.39, 0.29) is 17.9 Å². The van der Waals surface area contributed by atoms with Gasteiger partial charge in [-0.3, -0.25) is 14.6 Å². The monoisotopic (exact) mass is 292 g/mol. The van der Waals surface area contributed by atoms with Crippen LogP contribution in [0.5, 0.6) is 0 Å². The van der Waals surface area contributed by atoms with E-state index in [1.165, 1.54) is 12.4 Å². The summed E-state index contributed by atoms with van der Waals surface area (Å²) in [5.74, 6) is -0.430. The van der Waals surface area contributed by atoms with E-state index in [9.17, 15) is 9.59 Å². The van der Waals surface area contributed by atoms with Crippen molar-refractivity contribution in [3.63, 3.8) is 0 Å². The topological polar surface area (TPSA) is 74.3 Å². The minimum atomic E-state index is -0.222. The molecule has 0 atom stereocenters. The van der Waals surface area contributed by atoms with Crippen LogP contribution in [0.2, 0.25) is 0 Å². The Morgan fingerprint density at radius 1 is 1.19 bits per heavy atom. The molecule has 0 radical (unpaired) electrons. The highest BCUT2D eigenvalue weighted by molar-refractivity contribution is 5.99. The largest absolute Gasteiger partial charge is 0.352 e. The Bertz CT molecular complexity index is 486. The number of hydrogen-bond donors (Lipinski definition) is 2. The lowest BCUT2D eigenvalue weighted by molar-refractivity contribution is 0.0942. The van der Waals surface area contributed by atoms with Gasteiger partial charge < -0.3 is 15.5 Å². The number of carbonyl (C=O) groups is 2. The summed E-state index contributed by atoms with van der Waals surface area (Å²) in [6.07, 6.45) is 3.80. The normalized spacial score (nSPS) is 10.8. The fourth-order valence-electron chi connectivity index (χ4n) is 1.73. The van der Waals surface area contributed by atoms with Crippen LogP contribution in [-0.4, -0.2) is 54.9 Å². The Balaban J connectivity index is 2.58. The van der Waals surface area contributed by atoms with Gasteiger partial charge in [0, 0.05) is 25.0 Å². The number of carbonyl (C=O) groups excluding carboxylic acids is 2. The molecule has 1 aromatic heterocycles. The third-order valence-electron chi connectivity index (χ3n) is 2.75. The highest BCUT2D eigenvalue weighted by Gasteiger charge is 2.11. The highest BCUT2D eigenvalue weighted by atomic mass is 16.2. The van der Waals surface area contributed by atoms with Crippen molar-refractivity contribution in [2.24, 2.45) is 0 Å². The first-order valence-corrected chi connectivity index (χ1v) is 7.09. The second-order valence-electron chi connectivity index (χ2n) is 5.50. The molecule has 116 valence electrons. The average Bonchev–Trinajstić information content (AvgIpc) is 2.42. The van der Waals surface area contributed by atoms with Gasteiger partial charge in [-0.05, 0) is 47.0 Å². The molecule has 0 aliphatic rings. The molecule has 0 aliphatic heterocycles. The summed E-state index contributed by atoms with van der Waals surface area (Å²) in [5, 5.41) is 5.60. The van der Waals surface area contributed by atoms with Gasteiger partial charge in [0.1, 0.15) is 0 Å². The Morgan fingerprint density at radius 3 is 2.38 bits per heavy atom. The van der Waals surface area contributed by atoms with Crippen molar-refractivity contribution >= 4 is 11.8 Å². The van der Waals surface area contributed by atoms with Crippen LogP contribution in [0.15, 0.2) is 18.5 Å². The van der Waals surface area contributed by atoms with Gasteiger partial charge in [0.15, 0.2) is 0 Å². The lowest BCUT2D eigenvalue weighted by Crippen LogP contribution is -2.31. The summed E-state index contributed by atoms with van der Waals surface area (Å²) in [6.45, 7) is 5.27. The first-order valence-electron chi connectivity index (χ1n) is 7.09. The molecular weight excluding hydrogens is 268 g/mol. The number of amides is 2. The van der Waals surface area contributed by atoms with Gasteiger partial charge >= 0.3 is 0 Å². The third-order valence-corrected chi connectivity index (χ3v) is 2.75. The number of nitrogens with one attached hydrogen (secondary N) is 2. The van der Waals surface area contributed by atoms with Crippen LogP contribution in [0, 0.1) is 0 Å². The molecule has 1 rings (SSSR count). The van der Waals surface area contributed by atoms with Crippen molar-refractivity contribution in [1.82, 2.24) is 20.5 Å². The highest BCUT2D eigenvalue weighted by Crippen LogP contribution is 2.03. The maximum Gasteiger partial charge on any atom is 0.253 e. The number of pyridine rings is 1. The van der Waals surface area contributed by atoms with Crippen molar-refractivity contribution in [1.29, 1.82) is 0 Å². The Labute approximate surface area is 125 Å². The predicted molar refractivity (Wildman–Crippen MR) is 82.3 cm³/mol. The zero-order chi connectivity index (χ0) is 15.8. The standard InChI is InChI=1S/C15H24N4O2/c1-11(2)18-15(21)13-8-12(9-16-10-13)14(20)17-6-5-7-19(3)4/h8-11H,5-7H2,1-4H3,(H,17,20)(H,18,21). The van der Waals surface area contributed by atoms with Crippen LogP contribution in [0.1, 0.15) is 41.0 Å². The molecule has 0 saturated carbocycles. The maximum atomic E-state index is 12.0. The first-order chi connectivity index (χ1) is 9.90. The van der Waals surface area contributed by atoms with E-state index in [0.29, 0.717) is 17.7 Å². The molecular formula is C15H24N4O2. The van der Waals surface area contributed by atoms with Crippen LogP contribution in [-0.2, 0) is 0 Å². The summed E-state index contributed by atoms with van der Waals surface area (Å²) in [6, 6.07) is 1.60. The van der Waals surface area contributed by atoms with Crippen LogP contribution in [0.3, 0.4) is 0 Å². The fourth-order valence-corrected chi connectivity index (χ4v) is 1.73. The van der Waals surface area contributed by atoms with E-state index in [4.69, 9.17) is 0 Å². The Hall–Kier alpha value is -1.95. The molecule has 0 saturated heterocycles. The van der Waals surface area contributed by atoms with Gasteiger partial charge in [-0.1, -0.05) is 0 Å². The van der Waals surface area contributed by atoms with Crippen molar-refractivity contribution in [3.05, 3.63) is 29.6 Å². The van der Waals surface area contributed by atoms with E-state index < -0.39 is 0 Å². The molecule has 21 heavy (non-hydrogen) atoms. The first kappa shape index (κ1) is 17.1. The maximum absolute atomic E-state index is 12.0. The van der Waals surface area contributed by atoms with Crippen molar-refractivity contribution < 1.29 is 9.59 Å². The second kappa shape index (κ2) is 8.36. The van der Waals surface area contributed by atoms with E-state index >= 15 is 0 Å². The van der Waals surface area contributed by atoms with E-state index in [2.05, 4.69) is 20.5 Å². The number of rotatable bonds is 7. The van der Waals surface area contributed by atoms with E-state index in [1.807, 2.05) is 27.9 Å². The molecule has 0 fully saturated rings. The molecule has 6 nitrogen and oxygen atoms in total. The van der Waals surface area contributed by atoms with Crippen molar-refractivity contribution in [2.75, 3.05) is 27.2 Å². The quantitative estimate of drug-likeness (QED) is 0.732. The summed E-state index contributed by atoms with van der Waals surface area (Å²) in [7, 11) is 3.98. The Morgan fingerprint density at radius 2 is 1.81 bits per heavy atom. The summed E-state index contributed by atoms with van der Waals surface area (Å²) >= 11 is 0. The molecule has 2 amide bonds. The summed E-state index contributed by atoms with van der Waals surface area (Å²) < 4.78 is 0. The number of nitrogens with zero attached hydrogens (tertiary/aromatic N) is 2. The fraction of sp³-hybridized carbons (Fsp3) is 0.533. The minimum Gasteiger partial charge on any atom is -0.352 e. The van der Waals surface area contributed by atoms with Gasteiger partial charge in [-0.15, -0.1) is 0 Å². The van der Waals surface area contributed by atoms with E-state index in [1.54, 1.807) is 6.07 Å². The van der Waals surface area contributed by atoms with Crippen LogP contribution in [0.4, 0.5) is 0 Å². The SMILES string of the molecule is CC(C)NC(=O)c1cncc(C(=O)NCCCN(C)C)c1. The van der Waals surface area contributed by atoms with Crippen LogP contribution < -0.4 is 10.6 Å². The summed E-state index contributed by atoms with van der Waals surface area (Å²) in [5.41, 5.74) is 0.793. The predicted octanol–water partition coefficient (Wildman–Crippen LogP) is 0.901. The van der Waals surface area contributed by atoms with Gasteiger partial charge in [0.05, 0.1) is 11.1 Å². The van der Waals surface area contributed by atoms with E-state index in [0.717, 1.165) is 13.0 Å². The second-order valence-corrected chi connectivity index (χ2v) is 5.50.